The van der Waals surface area contributed by atoms with E-state index in [1.165, 1.54) is 6.92 Å². The summed E-state index contributed by atoms with van der Waals surface area (Å²) in [6, 6.07) is 3.72. The fourth-order valence-electron chi connectivity index (χ4n) is 2.51. The maximum Gasteiger partial charge on any atom is 0.217 e. The van der Waals surface area contributed by atoms with Crippen LogP contribution >= 0.6 is 0 Å². The van der Waals surface area contributed by atoms with Gasteiger partial charge >= 0.3 is 0 Å². The van der Waals surface area contributed by atoms with Gasteiger partial charge in [-0.25, -0.2) is 4.98 Å². The van der Waals surface area contributed by atoms with Crippen molar-refractivity contribution in [3.63, 3.8) is 0 Å². The Bertz CT molecular complexity index is 527. The minimum atomic E-state index is -0.258. The molecule has 1 aromatic heterocycles. The van der Waals surface area contributed by atoms with Gasteiger partial charge in [-0.05, 0) is 33.3 Å². The van der Waals surface area contributed by atoms with Gasteiger partial charge in [-0.1, -0.05) is 0 Å². The highest BCUT2D eigenvalue weighted by Gasteiger charge is 2.24. The molecular weight excluding hydrogens is 324 g/mol. The predicted molar refractivity (Wildman–Crippen MR) is 92.6 cm³/mol. The zero-order chi connectivity index (χ0) is 18.2. The minimum absolute atomic E-state index is 0.0243. The Hall–Kier alpha value is -1.86. The van der Waals surface area contributed by atoms with Gasteiger partial charge in [0.05, 0.1) is 25.5 Å². The topological polar surface area (TPSA) is 78.9 Å². The Morgan fingerprint density at radius 3 is 2.60 bits per heavy atom. The van der Waals surface area contributed by atoms with Crippen molar-refractivity contribution < 1.29 is 23.7 Å². The van der Waals surface area contributed by atoms with Crippen LogP contribution in [0.25, 0.3) is 0 Å². The Morgan fingerprint density at radius 1 is 1.32 bits per heavy atom. The molecule has 0 saturated carbocycles. The van der Waals surface area contributed by atoms with Crippen LogP contribution in [0.2, 0.25) is 0 Å². The summed E-state index contributed by atoms with van der Waals surface area (Å²) in [6.07, 6.45) is 2.84. The lowest BCUT2D eigenvalue weighted by Gasteiger charge is -2.30. The van der Waals surface area contributed by atoms with Gasteiger partial charge in [0.1, 0.15) is 11.9 Å². The zero-order valence-electron chi connectivity index (χ0n) is 15.4. The third kappa shape index (κ3) is 7.27. The molecular formula is C18H28N2O5. The van der Waals surface area contributed by atoms with E-state index in [9.17, 15) is 4.79 Å². The number of amides is 1. The molecule has 7 nitrogen and oxygen atoms in total. The van der Waals surface area contributed by atoms with E-state index >= 15 is 0 Å². The average Bonchev–Trinajstić information content (AvgIpc) is 2.55. The van der Waals surface area contributed by atoms with Gasteiger partial charge in [-0.2, -0.15) is 0 Å². The second-order valence-electron chi connectivity index (χ2n) is 6.51. The molecule has 1 aromatic rings. The summed E-state index contributed by atoms with van der Waals surface area (Å²) in [5.41, 5.74) is 0. The summed E-state index contributed by atoms with van der Waals surface area (Å²) in [4.78, 5) is 15.2. The number of rotatable bonds is 8. The maximum atomic E-state index is 11.0. The van der Waals surface area contributed by atoms with Gasteiger partial charge in [0.25, 0.3) is 0 Å². The van der Waals surface area contributed by atoms with Crippen LogP contribution in [0.15, 0.2) is 18.3 Å². The molecule has 1 atom stereocenters. The molecule has 1 aliphatic rings. The summed E-state index contributed by atoms with van der Waals surface area (Å²) in [5, 5.41) is 2.85. The summed E-state index contributed by atoms with van der Waals surface area (Å²) >= 11 is 0. The number of carbonyl (C=O) groups is 1. The van der Waals surface area contributed by atoms with Crippen LogP contribution in [0.1, 0.15) is 40.5 Å². The Kier molecular flexibility index (Phi) is 7.46. The summed E-state index contributed by atoms with van der Waals surface area (Å²) in [6.45, 7) is 8.31. The highest BCUT2D eigenvalue weighted by atomic mass is 16.7. The molecule has 25 heavy (non-hydrogen) atoms. The van der Waals surface area contributed by atoms with Crippen molar-refractivity contribution in [3.8, 4) is 11.6 Å². The lowest BCUT2D eigenvalue weighted by atomic mass is 10.1. The van der Waals surface area contributed by atoms with E-state index in [0.717, 1.165) is 12.8 Å². The maximum absolute atomic E-state index is 11.0. The normalized spacial score (nSPS) is 21.6. The predicted octanol–water partition coefficient (Wildman–Crippen LogP) is 2.29. The van der Waals surface area contributed by atoms with Crippen molar-refractivity contribution in [1.29, 1.82) is 0 Å². The second kappa shape index (κ2) is 9.58. The first-order valence-corrected chi connectivity index (χ1v) is 8.72. The SMILES string of the molecule is CC(=O)NC(C)CCC1OCC(Oc2ccc(OC(C)C)cn2)CO1. The Balaban J connectivity index is 1.69. The first kappa shape index (κ1) is 19.5. The fraction of sp³-hybridized carbons (Fsp3) is 0.667. The molecule has 1 amide bonds. The highest BCUT2D eigenvalue weighted by molar-refractivity contribution is 5.73. The van der Waals surface area contributed by atoms with Crippen LogP contribution in [0.4, 0.5) is 0 Å². The van der Waals surface area contributed by atoms with Gasteiger partial charge in [0.15, 0.2) is 6.29 Å². The number of carbonyl (C=O) groups excluding carboxylic acids is 1. The van der Waals surface area contributed by atoms with Crippen molar-refractivity contribution >= 4 is 5.91 Å². The van der Waals surface area contributed by atoms with Gasteiger partial charge in [0, 0.05) is 25.5 Å². The molecule has 2 rings (SSSR count). The van der Waals surface area contributed by atoms with Crippen molar-refractivity contribution in [2.75, 3.05) is 13.2 Å². The first-order chi connectivity index (χ1) is 11.9. The molecule has 0 bridgehead atoms. The molecule has 7 heteroatoms. The van der Waals surface area contributed by atoms with Gasteiger partial charge in [-0.15, -0.1) is 0 Å². The molecule has 1 unspecified atom stereocenters. The standard InChI is InChI=1S/C18H28N2O5/c1-12(2)24-15-6-7-17(19-9-15)25-16-10-22-18(23-11-16)8-5-13(3)20-14(4)21/h6-7,9,12-13,16,18H,5,8,10-11H2,1-4H3,(H,20,21). The smallest absolute Gasteiger partial charge is 0.217 e. The van der Waals surface area contributed by atoms with E-state index < -0.39 is 0 Å². The van der Waals surface area contributed by atoms with E-state index in [1.54, 1.807) is 12.3 Å². The quantitative estimate of drug-likeness (QED) is 0.773. The number of nitrogens with zero attached hydrogens (tertiary/aromatic N) is 1. The molecule has 140 valence electrons. The second-order valence-corrected chi connectivity index (χ2v) is 6.51. The van der Waals surface area contributed by atoms with Gasteiger partial charge in [-0.3, -0.25) is 4.79 Å². The monoisotopic (exact) mass is 352 g/mol. The number of nitrogens with one attached hydrogen (secondary N) is 1. The molecule has 1 aliphatic heterocycles. The molecule has 1 saturated heterocycles. The van der Waals surface area contributed by atoms with E-state index in [1.807, 2.05) is 26.8 Å². The summed E-state index contributed by atoms with van der Waals surface area (Å²) in [7, 11) is 0. The lowest BCUT2D eigenvalue weighted by Crippen LogP contribution is -2.40. The minimum Gasteiger partial charge on any atom is -0.489 e. The summed E-state index contributed by atoms with van der Waals surface area (Å²) < 4.78 is 22.7. The average molecular weight is 352 g/mol. The highest BCUT2D eigenvalue weighted by Crippen LogP contribution is 2.19. The van der Waals surface area contributed by atoms with Crippen LogP contribution in [0.3, 0.4) is 0 Å². The van der Waals surface area contributed by atoms with Crippen molar-refractivity contribution in [1.82, 2.24) is 10.3 Å². The van der Waals surface area contributed by atoms with Crippen LogP contribution in [0.5, 0.6) is 11.6 Å². The molecule has 0 spiro atoms. The largest absolute Gasteiger partial charge is 0.489 e. The summed E-state index contributed by atoms with van der Waals surface area (Å²) in [5.74, 6) is 1.21. The fourth-order valence-corrected chi connectivity index (χ4v) is 2.51. The molecule has 1 N–H and O–H groups in total. The zero-order valence-corrected chi connectivity index (χ0v) is 15.4. The number of aromatic nitrogens is 1. The number of hydrogen-bond donors (Lipinski definition) is 1. The Labute approximate surface area is 149 Å². The van der Waals surface area contributed by atoms with E-state index in [-0.39, 0.29) is 30.4 Å². The van der Waals surface area contributed by atoms with Crippen LogP contribution in [-0.4, -0.2) is 48.6 Å². The number of ether oxygens (including phenoxy) is 4. The molecule has 0 radical (unpaired) electrons. The van der Waals surface area contributed by atoms with Crippen molar-refractivity contribution in [2.24, 2.45) is 0 Å². The third-order valence-electron chi connectivity index (χ3n) is 3.59. The number of pyridine rings is 1. The van der Waals surface area contributed by atoms with Gasteiger partial charge < -0.3 is 24.3 Å². The lowest BCUT2D eigenvalue weighted by molar-refractivity contribution is -0.214. The van der Waals surface area contributed by atoms with Crippen molar-refractivity contribution in [2.45, 2.75) is 65.1 Å². The molecule has 0 aliphatic carbocycles. The molecule has 1 fully saturated rings. The molecule has 2 heterocycles. The van der Waals surface area contributed by atoms with Crippen LogP contribution in [-0.2, 0) is 14.3 Å². The van der Waals surface area contributed by atoms with Gasteiger partial charge in [0.2, 0.25) is 11.8 Å². The molecule has 0 aromatic carbocycles. The van der Waals surface area contributed by atoms with E-state index in [2.05, 4.69) is 10.3 Å². The Morgan fingerprint density at radius 2 is 2.04 bits per heavy atom. The van der Waals surface area contributed by atoms with Crippen LogP contribution in [0, 0.1) is 0 Å². The first-order valence-electron chi connectivity index (χ1n) is 8.72. The third-order valence-corrected chi connectivity index (χ3v) is 3.59. The van der Waals surface area contributed by atoms with E-state index in [4.69, 9.17) is 18.9 Å². The number of hydrogen-bond acceptors (Lipinski definition) is 6. The van der Waals surface area contributed by atoms with Crippen molar-refractivity contribution in [3.05, 3.63) is 18.3 Å². The van der Waals surface area contributed by atoms with Crippen LogP contribution < -0.4 is 14.8 Å². The van der Waals surface area contributed by atoms with E-state index in [0.29, 0.717) is 24.8 Å².